The van der Waals surface area contributed by atoms with Crippen LogP contribution in [0.2, 0.25) is 0 Å². The molecule has 88 valence electrons. The fourth-order valence-electron chi connectivity index (χ4n) is 1.67. The lowest BCUT2D eigenvalue weighted by atomic mass is 9.96. The maximum absolute atomic E-state index is 12.0. The number of Topliss-reactive ketones (excluding diaryl/α,β-unsaturated/α-hetero) is 1. The molecule has 16 heavy (non-hydrogen) atoms. The van der Waals surface area contributed by atoms with E-state index < -0.39 is 0 Å². The summed E-state index contributed by atoms with van der Waals surface area (Å²) in [5.41, 5.74) is 8.61. The second-order valence-electron chi connectivity index (χ2n) is 4.62. The summed E-state index contributed by atoms with van der Waals surface area (Å²) in [6.07, 6.45) is 1.48. The molecule has 0 heterocycles. The van der Waals surface area contributed by atoms with Gasteiger partial charge < -0.3 is 5.73 Å². The van der Waals surface area contributed by atoms with E-state index in [9.17, 15) is 4.79 Å². The van der Waals surface area contributed by atoms with E-state index in [1.54, 1.807) is 0 Å². The predicted molar refractivity (Wildman–Crippen MR) is 67.7 cm³/mol. The summed E-state index contributed by atoms with van der Waals surface area (Å²) in [4.78, 5) is 12.0. The lowest BCUT2D eigenvalue weighted by Gasteiger charge is -2.09. The SMILES string of the molecule is Cc1ccc(C)c(C(=O)CCC(C)CN)c1. The Morgan fingerprint density at radius 1 is 1.38 bits per heavy atom. The van der Waals surface area contributed by atoms with Crippen molar-refractivity contribution in [1.82, 2.24) is 0 Å². The van der Waals surface area contributed by atoms with Gasteiger partial charge in [-0.2, -0.15) is 0 Å². The summed E-state index contributed by atoms with van der Waals surface area (Å²) < 4.78 is 0. The van der Waals surface area contributed by atoms with E-state index in [1.165, 1.54) is 0 Å². The van der Waals surface area contributed by atoms with Crippen molar-refractivity contribution in [2.75, 3.05) is 6.54 Å². The van der Waals surface area contributed by atoms with Gasteiger partial charge in [0.15, 0.2) is 5.78 Å². The van der Waals surface area contributed by atoms with Crippen LogP contribution in [0.15, 0.2) is 18.2 Å². The molecule has 0 saturated heterocycles. The number of carbonyl (C=O) groups excluding carboxylic acids is 1. The lowest BCUT2D eigenvalue weighted by Crippen LogP contribution is -2.12. The van der Waals surface area contributed by atoms with Crippen molar-refractivity contribution in [1.29, 1.82) is 0 Å². The minimum absolute atomic E-state index is 0.238. The highest BCUT2D eigenvalue weighted by Gasteiger charge is 2.10. The molecule has 0 bridgehead atoms. The van der Waals surface area contributed by atoms with Crippen LogP contribution in [0.1, 0.15) is 41.3 Å². The largest absolute Gasteiger partial charge is 0.330 e. The molecule has 0 radical (unpaired) electrons. The number of nitrogens with two attached hydrogens (primary N) is 1. The van der Waals surface area contributed by atoms with Crippen molar-refractivity contribution in [3.63, 3.8) is 0 Å². The molecule has 2 N–H and O–H groups in total. The molecule has 2 nitrogen and oxygen atoms in total. The zero-order chi connectivity index (χ0) is 12.1. The van der Waals surface area contributed by atoms with Gasteiger partial charge in [-0.3, -0.25) is 4.79 Å². The van der Waals surface area contributed by atoms with E-state index in [-0.39, 0.29) is 5.78 Å². The first kappa shape index (κ1) is 12.9. The third-order valence-corrected chi connectivity index (χ3v) is 2.96. The maximum Gasteiger partial charge on any atom is 0.163 e. The van der Waals surface area contributed by atoms with Gasteiger partial charge in [0.2, 0.25) is 0 Å². The van der Waals surface area contributed by atoms with Gasteiger partial charge in [0.05, 0.1) is 0 Å². The molecule has 1 aromatic rings. The van der Waals surface area contributed by atoms with Gasteiger partial charge in [0.1, 0.15) is 0 Å². The first-order valence-corrected chi connectivity index (χ1v) is 5.85. The molecule has 0 aliphatic rings. The molecule has 0 aromatic heterocycles. The number of rotatable bonds is 5. The van der Waals surface area contributed by atoms with Gasteiger partial charge in [-0.05, 0) is 44.4 Å². The Labute approximate surface area is 97.9 Å². The minimum Gasteiger partial charge on any atom is -0.330 e. The summed E-state index contributed by atoms with van der Waals surface area (Å²) in [5, 5.41) is 0. The summed E-state index contributed by atoms with van der Waals surface area (Å²) >= 11 is 0. The van der Waals surface area contributed by atoms with Crippen molar-refractivity contribution < 1.29 is 4.79 Å². The number of hydrogen-bond donors (Lipinski definition) is 1. The van der Waals surface area contributed by atoms with Crippen LogP contribution >= 0.6 is 0 Å². The minimum atomic E-state index is 0.238. The first-order chi connectivity index (χ1) is 7.54. The third-order valence-electron chi connectivity index (χ3n) is 2.96. The van der Waals surface area contributed by atoms with Crippen molar-refractivity contribution in [2.24, 2.45) is 11.7 Å². The van der Waals surface area contributed by atoms with Gasteiger partial charge in [0, 0.05) is 12.0 Å². The van der Waals surface area contributed by atoms with Crippen LogP contribution in [-0.4, -0.2) is 12.3 Å². The average molecular weight is 219 g/mol. The van der Waals surface area contributed by atoms with Crippen LogP contribution in [0.3, 0.4) is 0 Å². The van der Waals surface area contributed by atoms with Crippen molar-refractivity contribution in [2.45, 2.75) is 33.6 Å². The third kappa shape index (κ3) is 3.46. The number of carbonyl (C=O) groups is 1. The van der Waals surface area contributed by atoms with Crippen molar-refractivity contribution in [3.8, 4) is 0 Å². The average Bonchev–Trinajstić information content (AvgIpc) is 2.28. The molecule has 2 heteroatoms. The van der Waals surface area contributed by atoms with E-state index in [4.69, 9.17) is 5.73 Å². The molecule has 1 atom stereocenters. The highest BCUT2D eigenvalue weighted by Crippen LogP contribution is 2.15. The van der Waals surface area contributed by atoms with Crippen molar-refractivity contribution >= 4 is 5.78 Å². The molecule has 0 spiro atoms. The molecular weight excluding hydrogens is 198 g/mol. The molecular formula is C14H21NO. The normalized spacial score (nSPS) is 12.5. The summed E-state index contributed by atoms with van der Waals surface area (Å²) in [6.45, 7) is 6.73. The van der Waals surface area contributed by atoms with Gasteiger partial charge in [-0.1, -0.05) is 24.6 Å². The summed E-state index contributed by atoms with van der Waals surface area (Å²) in [5.74, 6) is 0.663. The molecule has 0 amide bonds. The standard InChI is InChI=1S/C14H21NO/c1-10-4-6-12(3)13(8-10)14(16)7-5-11(2)9-15/h4,6,8,11H,5,7,9,15H2,1-3H3. The molecule has 1 aromatic carbocycles. The van der Waals surface area contributed by atoms with E-state index >= 15 is 0 Å². The zero-order valence-corrected chi connectivity index (χ0v) is 10.4. The maximum atomic E-state index is 12.0. The van der Waals surface area contributed by atoms with Crippen LogP contribution < -0.4 is 5.73 Å². The molecule has 0 aliphatic carbocycles. The number of ketones is 1. The van der Waals surface area contributed by atoms with Gasteiger partial charge >= 0.3 is 0 Å². The fourth-order valence-corrected chi connectivity index (χ4v) is 1.67. The molecule has 0 fully saturated rings. The van der Waals surface area contributed by atoms with Crippen LogP contribution in [0.25, 0.3) is 0 Å². The lowest BCUT2D eigenvalue weighted by molar-refractivity contribution is 0.0974. The number of benzene rings is 1. The Balaban J connectivity index is 2.69. The van der Waals surface area contributed by atoms with Crippen LogP contribution in [0, 0.1) is 19.8 Å². The second kappa shape index (κ2) is 5.80. The second-order valence-corrected chi connectivity index (χ2v) is 4.62. The zero-order valence-electron chi connectivity index (χ0n) is 10.4. The highest BCUT2D eigenvalue weighted by atomic mass is 16.1. The molecule has 1 rings (SSSR count). The first-order valence-electron chi connectivity index (χ1n) is 5.85. The topological polar surface area (TPSA) is 43.1 Å². The Morgan fingerprint density at radius 2 is 2.06 bits per heavy atom. The fraction of sp³-hybridized carbons (Fsp3) is 0.500. The number of aryl methyl sites for hydroxylation is 2. The Bertz CT molecular complexity index is 371. The van der Waals surface area contributed by atoms with Crippen LogP contribution in [-0.2, 0) is 0 Å². The quantitative estimate of drug-likeness (QED) is 0.774. The summed E-state index contributed by atoms with van der Waals surface area (Å²) in [6, 6.07) is 6.02. The molecule has 0 aliphatic heterocycles. The smallest absolute Gasteiger partial charge is 0.163 e. The van der Waals surface area contributed by atoms with E-state index in [1.807, 2.05) is 32.0 Å². The Hall–Kier alpha value is -1.15. The van der Waals surface area contributed by atoms with Crippen LogP contribution in [0.4, 0.5) is 0 Å². The van der Waals surface area contributed by atoms with E-state index in [2.05, 4.69) is 6.92 Å². The molecule has 1 unspecified atom stereocenters. The Kier molecular flexibility index (Phi) is 4.69. The van der Waals surface area contributed by atoms with Gasteiger partial charge in [-0.25, -0.2) is 0 Å². The van der Waals surface area contributed by atoms with Crippen LogP contribution in [0.5, 0.6) is 0 Å². The van der Waals surface area contributed by atoms with Gasteiger partial charge in [-0.15, -0.1) is 0 Å². The van der Waals surface area contributed by atoms with Gasteiger partial charge in [0.25, 0.3) is 0 Å². The monoisotopic (exact) mass is 219 g/mol. The van der Waals surface area contributed by atoms with E-state index in [0.29, 0.717) is 18.9 Å². The van der Waals surface area contributed by atoms with Crippen molar-refractivity contribution in [3.05, 3.63) is 34.9 Å². The predicted octanol–water partition coefficient (Wildman–Crippen LogP) is 2.86. The Morgan fingerprint density at radius 3 is 2.69 bits per heavy atom. The summed E-state index contributed by atoms with van der Waals surface area (Å²) in [7, 11) is 0. The highest BCUT2D eigenvalue weighted by molar-refractivity contribution is 5.97. The van der Waals surface area contributed by atoms with E-state index in [0.717, 1.165) is 23.1 Å². The number of hydrogen-bond acceptors (Lipinski definition) is 2. The molecule has 0 saturated carbocycles.